The largest absolute Gasteiger partial charge is 0.300 e. The summed E-state index contributed by atoms with van der Waals surface area (Å²) in [4.78, 5) is 2.45. The summed E-state index contributed by atoms with van der Waals surface area (Å²) < 4.78 is 26.8. The lowest BCUT2D eigenvalue weighted by Crippen LogP contribution is -2.38. The standard InChI is InChI=1S/C9H17NO3S/c1-14(11,12)13-9-4-6-10(7-5-9)8-2-3-8/h8-9H,2-7H2,1H3. The molecule has 4 nitrogen and oxygen atoms in total. The normalized spacial score (nSPS) is 26.6. The minimum absolute atomic E-state index is 0.0833. The molecule has 14 heavy (non-hydrogen) atoms. The molecule has 0 aromatic heterocycles. The molecule has 0 aromatic carbocycles. The Hall–Kier alpha value is -0.130. The zero-order chi connectivity index (χ0) is 10.2. The Balaban J connectivity index is 1.77. The van der Waals surface area contributed by atoms with Crippen LogP contribution in [0.2, 0.25) is 0 Å². The van der Waals surface area contributed by atoms with E-state index in [0.29, 0.717) is 0 Å². The lowest BCUT2D eigenvalue weighted by molar-refractivity contribution is 0.102. The van der Waals surface area contributed by atoms with Crippen molar-refractivity contribution in [2.75, 3.05) is 19.3 Å². The van der Waals surface area contributed by atoms with Crippen molar-refractivity contribution in [1.29, 1.82) is 0 Å². The van der Waals surface area contributed by atoms with Gasteiger partial charge in [0.25, 0.3) is 10.1 Å². The van der Waals surface area contributed by atoms with Gasteiger partial charge < -0.3 is 4.90 Å². The SMILES string of the molecule is CS(=O)(=O)OC1CCN(C2CC2)CC1. The lowest BCUT2D eigenvalue weighted by atomic mass is 10.1. The molecule has 0 bridgehead atoms. The van der Waals surface area contributed by atoms with Crippen molar-refractivity contribution in [3.8, 4) is 0 Å². The molecule has 0 N–H and O–H groups in total. The van der Waals surface area contributed by atoms with E-state index in [9.17, 15) is 8.42 Å². The van der Waals surface area contributed by atoms with Crippen LogP contribution in [0, 0.1) is 0 Å². The third-order valence-corrected chi connectivity index (χ3v) is 3.47. The van der Waals surface area contributed by atoms with Crippen molar-refractivity contribution in [3.63, 3.8) is 0 Å². The van der Waals surface area contributed by atoms with Crippen LogP contribution < -0.4 is 0 Å². The molecular formula is C9H17NO3S. The number of rotatable bonds is 3. The topological polar surface area (TPSA) is 46.6 Å². The highest BCUT2D eigenvalue weighted by Crippen LogP contribution is 2.30. The fraction of sp³-hybridized carbons (Fsp3) is 1.00. The summed E-state index contributed by atoms with van der Waals surface area (Å²) in [6, 6.07) is 0.786. The predicted molar refractivity (Wildman–Crippen MR) is 53.5 cm³/mol. The first kappa shape index (κ1) is 10.4. The molecule has 0 unspecified atom stereocenters. The number of hydrogen-bond acceptors (Lipinski definition) is 4. The van der Waals surface area contributed by atoms with E-state index in [1.54, 1.807) is 0 Å². The first-order valence-electron chi connectivity index (χ1n) is 5.17. The maximum atomic E-state index is 10.9. The number of likely N-dealkylation sites (tertiary alicyclic amines) is 1. The Labute approximate surface area is 85.4 Å². The van der Waals surface area contributed by atoms with Gasteiger partial charge in [0.15, 0.2) is 0 Å². The second-order valence-electron chi connectivity index (χ2n) is 4.27. The van der Waals surface area contributed by atoms with Crippen LogP contribution in [0.25, 0.3) is 0 Å². The number of piperidine rings is 1. The molecule has 0 spiro atoms. The summed E-state index contributed by atoms with van der Waals surface area (Å²) in [6.07, 6.45) is 5.38. The van der Waals surface area contributed by atoms with Gasteiger partial charge in [-0.25, -0.2) is 0 Å². The molecule has 1 aliphatic heterocycles. The maximum absolute atomic E-state index is 10.9. The smallest absolute Gasteiger partial charge is 0.264 e. The van der Waals surface area contributed by atoms with Gasteiger partial charge in [-0.1, -0.05) is 0 Å². The molecule has 82 valence electrons. The summed E-state index contributed by atoms with van der Waals surface area (Å²) in [7, 11) is -3.26. The Morgan fingerprint density at radius 3 is 2.14 bits per heavy atom. The quantitative estimate of drug-likeness (QED) is 0.652. The molecule has 2 fully saturated rings. The van der Waals surface area contributed by atoms with Gasteiger partial charge in [-0.05, 0) is 25.7 Å². The van der Waals surface area contributed by atoms with Crippen molar-refractivity contribution < 1.29 is 12.6 Å². The molecule has 5 heteroatoms. The zero-order valence-electron chi connectivity index (χ0n) is 8.48. The molecule has 1 heterocycles. The molecule has 2 rings (SSSR count). The maximum Gasteiger partial charge on any atom is 0.264 e. The van der Waals surface area contributed by atoms with Gasteiger partial charge in [0, 0.05) is 19.1 Å². The molecule has 0 radical (unpaired) electrons. The van der Waals surface area contributed by atoms with Gasteiger partial charge in [-0.2, -0.15) is 8.42 Å². The minimum atomic E-state index is -3.26. The highest BCUT2D eigenvalue weighted by Gasteiger charge is 2.32. The van der Waals surface area contributed by atoms with Crippen LogP contribution in [0.4, 0.5) is 0 Å². The lowest BCUT2D eigenvalue weighted by Gasteiger charge is -2.31. The number of hydrogen-bond donors (Lipinski definition) is 0. The van der Waals surface area contributed by atoms with Gasteiger partial charge in [0.1, 0.15) is 0 Å². The first-order chi connectivity index (χ1) is 6.54. The Morgan fingerprint density at radius 1 is 1.14 bits per heavy atom. The second-order valence-corrected chi connectivity index (χ2v) is 5.87. The van der Waals surface area contributed by atoms with Crippen molar-refractivity contribution >= 4 is 10.1 Å². The Morgan fingerprint density at radius 2 is 1.71 bits per heavy atom. The summed E-state index contributed by atoms with van der Waals surface area (Å²) >= 11 is 0. The summed E-state index contributed by atoms with van der Waals surface area (Å²) in [5.74, 6) is 0. The monoisotopic (exact) mass is 219 g/mol. The van der Waals surface area contributed by atoms with E-state index in [-0.39, 0.29) is 6.10 Å². The van der Waals surface area contributed by atoms with E-state index in [1.807, 2.05) is 0 Å². The third-order valence-electron chi connectivity index (χ3n) is 2.85. The van der Waals surface area contributed by atoms with Crippen LogP contribution in [-0.4, -0.2) is 44.8 Å². The van der Waals surface area contributed by atoms with Crippen LogP contribution >= 0.6 is 0 Å². The minimum Gasteiger partial charge on any atom is -0.300 e. The fourth-order valence-corrected chi connectivity index (χ4v) is 2.71. The molecule has 0 amide bonds. The second kappa shape index (κ2) is 3.79. The van der Waals surface area contributed by atoms with Gasteiger partial charge in [-0.3, -0.25) is 4.18 Å². The van der Waals surface area contributed by atoms with Gasteiger partial charge in [0.05, 0.1) is 12.4 Å². The van der Waals surface area contributed by atoms with Gasteiger partial charge >= 0.3 is 0 Å². The summed E-state index contributed by atoms with van der Waals surface area (Å²) in [5, 5.41) is 0. The zero-order valence-corrected chi connectivity index (χ0v) is 9.29. The Bertz CT molecular complexity index is 289. The molecule has 1 aliphatic carbocycles. The van der Waals surface area contributed by atoms with Crippen molar-refractivity contribution in [1.82, 2.24) is 4.90 Å². The van der Waals surface area contributed by atoms with Crippen LogP contribution in [0.15, 0.2) is 0 Å². The summed E-state index contributed by atoms with van der Waals surface area (Å²) in [6.45, 7) is 1.98. The number of nitrogens with zero attached hydrogens (tertiary/aromatic N) is 1. The molecule has 0 aromatic rings. The van der Waals surface area contributed by atoms with Crippen LogP contribution in [0.1, 0.15) is 25.7 Å². The molecular weight excluding hydrogens is 202 g/mol. The van der Waals surface area contributed by atoms with Crippen molar-refractivity contribution in [3.05, 3.63) is 0 Å². The van der Waals surface area contributed by atoms with E-state index in [0.717, 1.165) is 38.2 Å². The molecule has 1 saturated heterocycles. The van der Waals surface area contributed by atoms with Crippen LogP contribution in [0.5, 0.6) is 0 Å². The first-order valence-corrected chi connectivity index (χ1v) is 6.98. The average molecular weight is 219 g/mol. The fourth-order valence-electron chi connectivity index (χ4n) is 2.02. The van der Waals surface area contributed by atoms with E-state index in [2.05, 4.69) is 4.90 Å². The molecule has 1 saturated carbocycles. The Kier molecular flexibility index (Phi) is 2.81. The molecule has 2 aliphatic rings. The predicted octanol–water partition coefficient (Wildman–Crippen LogP) is 0.589. The van der Waals surface area contributed by atoms with Crippen LogP contribution in [-0.2, 0) is 14.3 Å². The van der Waals surface area contributed by atoms with E-state index in [1.165, 1.54) is 12.8 Å². The van der Waals surface area contributed by atoms with Gasteiger partial charge in [-0.15, -0.1) is 0 Å². The van der Waals surface area contributed by atoms with Crippen molar-refractivity contribution in [2.45, 2.75) is 37.8 Å². The highest BCUT2D eigenvalue weighted by atomic mass is 32.2. The third kappa shape index (κ3) is 2.93. The highest BCUT2D eigenvalue weighted by molar-refractivity contribution is 7.86. The van der Waals surface area contributed by atoms with Crippen molar-refractivity contribution in [2.24, 2.45) is 0 Å². The van der Waals surface area contributed by atoms with E-state index < -0.39 is 10.1 Å². The van der Waals surface area contributed by atoms with E-state index in [4.69, 9.17) is 4.18 Å². The van der Waals surface area contributed by atoms with Gasteiger partial charge in [0.2, 0.25) is 0 Å². The summed E-state index contributed by atoms with van der Waals surface area (Å²) in [5.41, 5.74) is 0. The van der Waals surface area contributed by atoms with E-state index >= 15 is 0 Å². The average Bonchev–Trinajstić information content (AvgIpc) is 2.85. The molecule has 0 atom stereocenters. The van der Waals surface area contributed by atoms with Crippen LogP contribution in [0.3, 0.4) is 0 Å².